The summed E-state index contributed by atoms with van der Waals surface area (Å²) < 4.78 is 39.0. The van der Waals surface area contributed by atoms with Crippen molar-refractivity contribution in [3.63, 3.8) is 0 Å². The Labute approximate surface area is 182 Å². The zero-order chi connectivity index (χ0) is 23.2. The highest BCUT2D eigenvalue weighted by Gasteiger charge is 2.30. The highest BCUT2D eigenvalue weighted by atomic mass is 32.2. The Kier molecular flexibility index (Phi) is 8.31. The summed E-state index contributed by atoms with van der Waals surface area (Å²) in [6, 6.07) is 3.29. The van der Waals surface area contributed by atoms with Crippen molar-refractivity contribution in [3.05, 3.63) is 35.7 Å². The topological polar surface area (TPSA) is 92.2 Å². The Hall–Kier alpha value is -2.76. The Morgan fingerprint density at radius 2 is 1.87 bits per heavy atom. The number of nitrogens with one attached hydrogen (secondary N) is 2. The standard InChI is InChI=1S/C19H25F3N6O2S/c1-5-12(2)15-25-17(28(26-15)18(30)27(3)4)31-11-10-23-16(29)24-14-8-6-13(7-9-14)19(20,21)22/h6-9,12H,5,10-11H2,1-4H3,(H2,23,24,29). The van der Waals surface area contributed by atoms with E-state index in [1.807, 2.05) is 13.8 Å². The number of hydrogen-bond acceptors (Lipinski definition) is 5. The van der Waals surface area contributed by atoms with Crippen molar-refractivity contribution < 1.29 is 22.8 Å². The van der Waals surface area contributed by atoms with Crippen LogP contribution < -0.4 is 10.6 Å². The lowest BCUT2D eigenvalue weighted by Crippen LogP contribution is -2.31. The minimum Gasteiger partial charge on any atom is -0.337 e. The average Bonchev–Trinajstić information content (AvgIpc) is 3.13. The smallest absolute Gasteiger partial charge is 0.337 e. The van der Waals surface area contributed by atoms with Crippen LogP contribution in [-0.2, 0) is 6.18 Å². The Morgan fingerprint density at radius 3 is 2.42 bits per heavy atom. The molecular weight excluding hydrogens is 433 g/mol. The Balaban J connectivity index is 1.89. The van der Waals surface area contributed by atoms with Crippen LogP contribution in [0.5, 0.6) is 0 Å². The zero-order valence-electron chi connectivity index (χ0n) is 17.7. The third-order valence-electron chi connectivity index (χ3n) is 4.30. The van der Waals surface area contributed by atoms with E-state index in [1.165, 1.54) is 33.5 Å². The molecule has 1 unspecified atom stereocenters. The van der Waals surface area contributed by atoms with Crippen LogP contribution in [0.2, 0.25) is 0 Å². The molecule has 2 aromatic rings. The van der Waals surface area contributed by atoms with Crippen LogP contribution in [0.25, 0.3) is 0 Å². The monoisotopic (exact) mass is 458 g/mol. The number of halogens is 3. The molecule has 3 amide bonds. The predicted octanol–water partition coefficient (Wildman–Crippen LogP) is 4.25. The Bertz CT molecular complexity index is 899. The molecule has 0 bridgehead atoms. The van der Waals surface area contributed by atoms with E-state index in [2.05, 4.69) is 20.7 Å². The van der Waals surface area contributed by atoms with Gasteiger partial charge in [0.1, 0.15) is 0 Å². The summed E-state index contributed by atoms with van der Waals surface area (Å²) in [6.45, 7) is 4.23. The van der Waals surface area contributed by atoms with Gasteiger partial charge in [0, 0.05) is 38.0 Å². The van der Waals surface area contributed by atoms with E-state index in [9.17, 15) is 22.8 Å². The number of carbonyl (C=O) groups is 2. The molecule has 0 aliphatic carbocycles. The van der Waals surface area contributed by atoms with Gasteiger partial charge >= 0.3 is 18.2 Å². The maximum Gasteiger partial charge on any atom is 0.416 e. The number of benzene rings is 1. The highest BCUT2D eigenvalue weighted by Crippen LogP contribution is 2.29. The van der Waals surface area contributed by atoms with Gasteiger partial charge in [-0.1, -0.05) is 25.6 Å². The van der Waals surface area contributed by atoms with Gasteiger partial charge in [0.25, 0.3) is 0 Å². The summed E-state index contributed by atoms with van der Waals surface area (Å²) in [5.74, 6) is 1.09. The number of rotatable bonds is 7. The molecule has 1 atom stereocenters. The largest absolute Gasteiger partial charge is 0.416 e. The second-order valence-corrected chi connectivity index (χ2v) is 8.02. The first-order valence-corrected chi connectivity index (χ1v) is 10.5. The first kappa shape index (κ1) is 24.5. The maximum absolute atomic E-state index is 12.6. The van der Waals surface area contributed by atoms with Crippen LogP contribution in [0, 0.1) is 0 Å². The molecule has 12 heteroatoms. The number of thioether (sulfide) groups is 1. The summed E-state index contributed by atoms with van der Waals surface area (Å²) in [7, 11) is 3.24. The van der Waals surface area contributed by atoms with Crippen molar-refractivity contribution in [2.24, 2.45) is 0 Å². The molecule has 1 aromatic heterocycles. The number of urea groups is 1. The second-order valence-electron chi connectivity index (χ2n) is 6.96. The van der Waals surface area contributed by atoms with Crippen molar-refractivity contribution in [3.8, 4) is 0 Å². The zero-order valence-corrected chi connectivity index (χ0v) is 18.5. The van der Waals surface area contributed by atoms with Crippen molar-refractivity contribution in [2.75, 3.05) is 31.7 Å². The van der Waals surface area contributed by atoms with Crippen LogP contribution in [0.1, 0.15) is 37.6 Å². The fourth-order valence-corrected chi connectivity index (χ4v) is 3.12. The molecule has 2 rings (SSSR count). The highest BCUT2D eigenvalue weighted by molar-refractivity contribution is 7.99. The quantitative estimate of drug-likeness (QED) is 0.478. The van der Waals surface area contributed by atoms with Crippen molar-refractivity contribution >= 4 is 29.5 Å². The summed E-state index contributed by atoms with van der Waals surface area (Å²) in [6.07, 6.45) is -3.60. The third-order valence-corrected chi connectivity index (χ3v) is 5.23. The van der Waals surface area contributed by atoms with Gasteiger partial charge in [-0.25, -0.2) is 14.6 Å². The minimum atomic E-state index is -4.43. The van der Waals surface area contributed by atoms with E-state index in [1.54, 1.807) is 14.1 Å². The van der Waals surface area contributed by atoms with Gasteiger partial charge in [0.05, 0.1) is 5.56 Å². The number of amides is 3. The number of anilines is 1. The van der Waals surface area contributed by atoms with E-state index in [4.69, 9.17) is 0 Å². The molecule has 1 heterocycles. The SMILES string of the molecule is CCC(C)c1nc(SCCNC(=O)Nc2ccc(C(F)(F)F)cc2)n(C(=O)N(C)C)n1. The van der Waals surface area contributed by atoms with Gasteiger partial charge in [-0.05, 0) is 30.7 Å². The fourth-order valence-electron chi connectivity index (χ4n) is 2.34. The van der Waals surface area contributed by atoms with Crippen LogP contribution in [0.4, 0.5) is 28.4 Å². The molecule has 170 valence electrons. The van der Waals surface area contributed by atoms with Gasteiger partial charge < -0.3 is 15.5 Å². The summed E-state index contributed by atoms with van der Waals surface area (Å²) in [5.41, 5.74) is -0.546. The summed E-state index contributed by atoms with van der Waals surface area (Å²) in [5, 5.41) is 9.82. The molecule has 1 aromatic carbocycles. The second kappa shape index (κ2) is 10.5. The molecule has 0 saturated carbocycles. The minimum absolute atomic E-state index is 0.100. The van der Waals surface area contributed by atoms with E-state index < -0.39 is 17.8 Å². The lowest BCUT2D eigenvalue weighted by atomic mass is 10.1. The number of hydrogen-bond donors (Lipinski definition) is 2. The lowest BCUT2D eigenvalue weighted by Gasteiger charge is -2.11. The van der Waals surface area contributed by atoms with E-state index in [-0.39, 0.29) is 24.2 Å². The average molecular weight is 459 g/mol. The van der Waals surface area contributed by atoms with Crippen LogP contribution >= 0.6 is 11.8 Å². The molecule has 2 N–H and O–H groups in total. The van der Waals surface area contributed by atoms with Crippen molar-refractivity contribution in [2.45, 2.75) is 37.5 Å². The maximum atomic E-state index is 12.6. The molecule has 0 fully saturated rings. The predicted molar refractivity (Wildman–Crippen MR) is 112 cm³/mol. The summed E-state index contributed by atoms with van der Waals surface area (Å²) >= 11 is 1.27. The van der Waals surface area contributed by atoms with E-state index >= 15 is 0 Å². The van der Waals surface area contributed by atoms with Crippen LogP contribution in [-0.4, -0.2) is 58.1 Å². The molecule has 0 aliphatic heterocycles. The third kappa shape index (κ3) is 6.88. The van der Waals surface area contributed by atoms with Crippen molar-refractivity contribution in [1.29, 1.82) is 0 Å². The first-order valence-electron chi connectivity index (χ1n) is 9.56. The Morgan fingerprint density at radius 1 is 1.23 bits per heavy atom. The molecule has 0 saturated heterocycles. The number of carbonyl (C=O) groups excluding carboxylic acids is 2. The van der Waals surface area contributed by atoms with Gasteiger partial charge in [-0.3, -0.25) is 0 Å². The molecule has 0 spiro atoms. The summed E-state index contributed by atoms with van der Waals surface area (Å²) in [4.78, 5) is 30.1. The molecular formula is C19H25F3N6O2S. The van der Waals surface area contributed by atoms with Gasteiger partial charge in [-0.2, -0.15) is 17.9 Å². The number of nitrogens with zero attached hydrogens (tertiary/aromatic N) is 4. The first-order chi connectivity index (χ1) is 14.5. The van der Waals surface area contributed by atoms with Crippen molar-refractivity contribution in [1.82, 2.24) is 25.0 Å². The van der Waals surface area contributed by atoms with Gasteiger partial charge in [0.15, 0.2) is 11.0 Å². The van der Waals surface area contributed by atoms with Gasteiger partial charge in [-0.15, -0.1) is 5.10 Å². The number of aromatic nitrogens is 3. The normalized spacial score (nSPS) is 12.4. The fraction of sp³-hybridized carbons (Fsp3) is 0.474. The lowest BCUT2D eigenvalue weighted by molar-refractivity contribution is -0.137. The van der Waals surface area contributed by atoms with Gasteiger partial charge in [0.2, 0.25) is 0 Å². The van der Waals surface area contributed by atoms with Crippen LogP contribution in [0.15, 0.2) is 29.4 Å². The number of alkyl halides is 3. The van der Waals surface area contributed by atoms with E-state index in [0.717, 1.165) is 18.6 Å². The van der Waals surface area contributed by atoms with Crippen LogP contribution in [0.3, 0.4) is 0 Å². The van der Waals surface area contributed by atoms with E-state index in [0.29, 0.717) is 16.7 Å². The molecule has 8 nitrogen and oxygen atoms in total. The molecule has 0 aliphatic rings. The molecule has 31 heavy (non-hydrogen) atoms. The molecule has 0 radical (unpaired) electrons.